The molecule has 0 spiro atoms. The summed E-state index contributed by atoms with van der Waals surface area (Å²) < 4.78 is 147. The Bertz CT molecular complexity index is 768. The predicted octanol–water partition coefficient (Wildman–Crippen LogP) is 3.85. The summed E-state index contributed by atoms with van der Waals surface area (Å²) in [5, 5.41) is 0. The van der Waals surface area contributed by atoms with E-state index in [0.717, 1.165) is 6.92 Å². The van der Waals surface area contributed by atoms with E-state index in [1.54, 1.807) is 0 Å². The van der Waals surface area contributed by atoms with Gasteiger partial charge in [-0.2, -0.15) is 39.5 Å². The minimum Gasteiger partial charge on any atom is -0.465 e. The number of ether oxygens (including phenoxy) is 1. The zero-order valence-electron chi connectivity index (χ0n) is 13.4. The summed E-state index contributed by atoms with van der Waals surface area (Å²) in [6.07, 6.45) is -22.2. The number of sulfone groups is 1. The second-order valence-electron chi connectivity index (χ2n) is 5.40. The van der Waals surface area contributed by atoms with Gasteiger partial charge in [-0.25, -0.2) is 13.2 Å². The molecule has 0 fully saturated rings. The van der Waals surface area contributed by atoms with Crippen molar-refractivity contribution >= 4 is 15.8 Å². The van der Waals surface area contributed by atoms with Gasteiger partial charge in [-0.05, 0) is 6.08 Å². The molecule has 1 rings (SSSR count). The molecule has 0 unspecified atom stereocenters. The van der Waals surface area contributed by atoms with Crippen molar-refractivity contribution in [2.45, 2.75) is 31.9 Å². The molecule has 1 aliphatic carbocycles. The molecule has 27 heavy (non-hydrogen) atoms. The quantitative estimate of drug-likeness (QED) is 0.500. The van der Waals surface area contributed by atoms with Crippen LogP contribution in [0, 0.1) is 5.41 Å². The van der Waals surface area contributed by atoms with Gasteiger partial charge in [-0.15, -0.1) is 0 Å². The van der Waals surface area contributed by atoms with Crippen LogP contribution in [0.5, 0.6) is 0 Å². The average Bonchev–Trinajstić information content (AvgIpc) is 2.49. The van der Waals surface area contributed by atoms with E-state index in [2.05, 4.69) is 4.74 Å². The number of esters is 1. The average molecular weight is 434 g/mol. The van der Waals surface area contributed by atoms with Crippen LogP contribution in [0.15, 0.2) is 22.1 Å². The maximum Gasteiger partial charge on any atom is 0.414 e. The molecule has 0 N–H and O–H groups in total. The molecule has 14 heteroatoms. The molecule has 0 aromatic carbocycles. The number of methoxy groups -OCH3 is 1. The summed E-state index contributed by atoms with van der Waals surface area (Å²) in [7, 11) is -4.58. The summed E-state index contributed by atoms with van der Waals surface area (Å²) in [6, 6.07) is 0. The number of hydrogen-bond donors (Lipinski definition) is 0. The molecule has 0 heterocycles. The first kappa shape index (κ1) is 23.3. The summed E-state index contributed by atoms with van der Waals surface area (Å²) in [5.74, 6) is -3.19. The first-order valence-corrected chi connectivity index (χ1v) is 8.49. The second-order valence-corrected chi connectivity index (χ2v) is 7.62. The van der Waals surface area contributed by atoms with Gasteiger partial charge in [-0.1, -0.05) is 6.92 Å². The molecule has 1 aliphatic rings. The zero-order chi connectivity index (χ0) is 21.6. The topological polar surface area (TPSA) is 60.4 Å². The monoisotopic (exact) mass is 434 g/mol. The van der Waals surface area contributed by atoms with Crippen molar-refractivity contribution in [2.75, 3.05) is 12.9 Å². The number of carbonyl (C=O) groups excluding carboxylic acids is 1. The second kappa shape index (κ2) is 6.71. The van der Waals surface area contributed by atoms with Crippen molar-refractivity contribution in [3.05, 3.63) is 22.1 Å². The first-order chi connectivity index (χ1) is 11.9. The Balaban J connectivity index is 4.13. The fourth-order valence-electron chi connectivity index (χ4n) is 2.40. The van der Waals surface area contributed by atoms with E-state index in [0.29, 0.717) is 7.11 Å². The smallest absolute Gasteiger partial charge is 0.414 e. The van der Waals surface area contributed by atoms with Gasteiger partial charge in [-0.3, -0.25) is 0 Å². The molecule has 156 valence electrons. The van der Waals surface area contributed by atoms with Crippen molar-refractivity contribution < 1.29 is 57.5 Å². The van der Waals surface area contributed by atoms with Crippen LogP contribution in [-0.4, -0.2) is 45.8 Å². The third kappa shape index (κ3) is 3.94. The van der Waals surface area contributed by atoms with E-state index in [-0.39, 0.29) is 0 Å². The van der Waals surface area contributed by atoms with Crippen molar-refractivity contribution in [1.82, 2.24) is 0 Å². The van der Waals surface area contributed by atoms with Crippen LogP contribution >= 0.6 is 0 Å². The van der Waals surface area contributed by atoms with Crippen LogP contribution in [0.1, 0.15) is 13.3 Å². The number of hydrogen-bond acceptors (Lipinski definition) is 4. The van der Waals surface area contributed by atoms with Gasteiger partial charge < -0.3 is 4.74 Å². The molecule has 0 aromatic heterocycles. The van der Waals surface area contributed by atoms with Crippen LogP contribution < -0.4 is 0 Å². The Morgan fingerprint density at radius 3 is 1.81 bits per heavy atom. The number of allylic oxidation sites excluding steroid dienone is 2. The maximum atomic E-state index is 13.3. The maximum absolute atomic E-state index is 13.3. The Morgan fingerprint density at radius 1 is 1.07 bits per heavy atom. The standard InChI is InChI=1S/C13H11F9O4S/c1-3-27(24,25)8-6(9(23)26-2)4-10(12(17,18)19,13(20,21)22)5-7(8)11(14,15)16/h4H,3,5H2,1-2H3. The Kier molecular flexibility index (Phi) is 5.79. The van der Waals surface area contributed by atoms with Crippen molar-refractivity contribution in [2.24, 2.45) is 5.41 Å². The minimum absolute atomic E-state index is 0.462. The summed E-state index contributed by atoms with van der Waals surface area (Å²) in [4.78, 5) is 9.71. The third-order valence-corrected chi connectivity index (χ3v) is 5.66. The lowest BCUT2D eigenvalue weighted by Gasteiger charge is -2.39. The van der Waals surface area contributed by atoms with Crippen molar-refractivity contribution in [3.63, 3.8) is 0 Å². The van der Waals surface area contributed by atoms with Crippen LogP contribution in [0.3, 0.4) is 0 Å². The number of alkyl halides is 9. The zero-order valence-corrected chi connectivity index (χ0v) is 14.3. The molecule has 0 saturated heterocycles. The molecule has 0 aromatic rings. The highest BCUT2D eigenvalue weighted by Gasteiger charge is 2.72. The summed E-state index contributed by atoms with van der Waals surface area (Å²) in [6.45, 7) is 0.806. The highest BCUT2D eigenvalue weighted by molar-refractivity contribution is 7.95. The van der Waals surface area contributed by atoms with Gasteiger partial charge in [0.05, 0.1) is 28.9 Å². The Morgan fingerprint density at radius 2 is 1.52 bits per heavy atom. The molecule has 0 saturated carbocycles. The van der Waals surface area contributed by atoms with Crippen LogP contribution in [-0.2, 0) is 19.4 Å². The van der Waals surface area contributed by atoms with Crippen LogP contribution in [0.4, 0.5) is 39.5 Å². The Hall–Kier alpha value is -1.73. The SMILES string of the molecule is CCS(=O)(=O)C1=C(C(F)(F)F)CC(C(F)(F)F)(C(F)(F)F)C=C1C(=O)OC. The van der Waals surface area contributed by atoms with Gasteiger partial charge in [0.25, 0.3) is 0 Å². The van der Waals surface area contributed by atoms with Gasteiger partial charge in [0.15, 0.2) is 15.3 Å². The molecular formula is C13H11F9O4S. The lowest BCUT2D eigenvalue weighted by Crippen LogP contribution is -2.52. The van der Waals surface area contributed by atoms with E-state index < -0.39 is 74.1 Å². The third-order valence-electron chi connectivity index (χ3n) is 3.82. The first-order valence-electron chi connectivity index (χ1n) is 6.84. The fraction of sp³-hybridized carbons (Fsp3) is 0.615. The largest absolute Gasteiger partial charge is 0.465 e. The minimum atomic E-state index is -6.32. The van der Waals surface area contributed by atoms with E-state index in [1.807, 2.05) is 0 Å². The van der Waals surface area contributed by atoms with E-state index in [9.17, 15) is 52.7 Å². The molecule has 0 aliphatic heterocycles. The lowest BCUT2D eigenvalue weighted by molar-refractivity contribution is -0.323. The van der Waals surface area contributed by atoms with Crippen molar-refractivity contribution in [1.29, 1.82) is 0 Å². The highest BCUT2D eigenvalue weighted by Crippen LogP contribution is 2.60. The van der Waals surface area contributed by atoms with Crippen LogP contribution in [0.25, 0.3) is 0 Å². The number of halogens is 9. The number of rotatable bonds is 3. The molecular weight excluding hydrogens is 423 g/mol. The van der Waals surface area contributed by atoms with Gasteiger partial charge in [0.2, 0.25) is 0 Å². The molecule has 0 atom stereocenters. The van der Waals surface area contributed by atoms with Crippen molar-refractivity contribution in [3.8, 4) is 0 Å². The Labute approximate surface area is 146 Å². The molecule has 4 nitrogen and oxygen atoms in total. The molecule has 0 amide bonds. The number of carbonyl (C=O) groups is 1. The predicted molar refractivity (Wildman–Crippen MR) is 71.8 cm³/mol. The fourth-order valence-corrected chi connectivity index (χ4v) is 3.73. The lowest BCUT2D eigenvalue weighted by atomic mass is 9.74. The normalized spacial score (nSPS) is 19.0. The van der Waals surface area contributed by atoms with Gasteiger partial charge >= 0.3 is 24.5 Å². The molecule has 0 radical (unpaired) electrons. The van der Waals surface area contributed by atoms with Gasteiger partial charge in [0, 0.05) is 6.42 Å². The van der Waals surface area contributed by atoms with E-state index >= 15 is 0 Å². The molecule has 0 bridgehead atoms. The van der Waals surface area contributed by atoms with E-state index in [1.165, 1.54) is 0 Å². The van der Waals surface area contributed by atoms with E-state index in [4.69, 9.17) is 0 Å². The summed E-state index contributed by atoms with van der Waals surface area (Å²) in [5.41, 5.74) is -9.71. The highest BCUT2D eigenvalue weighted by atomic mass is 32.2. The van der Waals surface area contributed by atoms with Gasteiger partial charge in [0.1, 0.15) is 0 Å². The summed E-state index contributed by atoms with van der Waals surface area (Å²) >= 11 is 0. The van der Waals surface area contributed by atoms with Crippen LogP contribution in [0.2, 0.25) is 0 Å².